The highest BCUT2D eigenvalue weighted by Crippen LogP contribution is 2.26. The smallest absolute Gasteiger partial charge is 0.0670 e. The molecule has 0 aliphatic carbocycles. The molecule has 96 valence electrons. The van der Waals surface area contributed by atoms with Crippen molar-refractivity contribution in [1.82, 2.24) is 0 Å². The number of nitrogens with two attached hydrogens (primary N) is 1. The molecule has 0 unspecified atom stereocenters. The number of nitriles is 1. The van der Waals surface area contributed by atoms with Crippen molar-refractivity contribution in [3.63, 3.8) is 0 Å². The number of nitrogens with zero attached hydrogens (tertiary/aromatic N) is 2. The van der Waals surface area contributed by atoms with Crippen LogP contribution in [0.15, 0.2) is 18.2 Å². The Kier molecular flexibility index (Phi) is 4.06. The van der Waals surface area contributed by atoms with Crippen molar-refractivity contribution in [3.05, 3.63) is 23.8 Å². The molecule has 1 aromatic carbocycles. The minimum absolute atomic E-state index is 0.287. The van der Waals surface area contributed by atoms with Crippen LogP contribution in [0.1, 0.15) is 18.4 Å². The van der Waals surface area contributed by atoms with Crippen LogP contribution in [0.4, 0.5) is 11.4 Å². The van der Waals surface area contributed by atoms with Gasteiger partial charge in [0.1, 0.15) is 0 Å². The Morgan fingerprint density at radius 2 is 2.11 bits per heavy atom. The lowest BCUT2D eigenvalue weighted by Crippen LogP contribution is -2.34. The van der Waals surface area contributed by atoms with Crippen molar-refractivity contribution >= 4 is 11.4 Å². The number of piperidine rings is 1. The van der Waals surface area contributed by atoms with Crippen LogP contribution >= 0.6 is 0 Å². The zero-order valence-electron chi connectivity index (χ0n) is 10.5. The van der Waals surface area contributed by atoms with E-state index >= 15 is 0 Å². The lowest BCUT2D eigenvalue weighted by Gasteiger charge is -2.33. The first kappa shape index (κ1) is 12.7. The summed E-state index contributed by atoms with van der Waals surface area (Å²) in [6.07, 6.45) is 2.40. The van der Waals surface area contributed by atoms with Gasteiger partial charge in [-0.3, -0.25) is 0 Å². The summed E-state index contributed by atoms with van der Waals surface area (Å²) in [5.74, 6) is 0.439. The Bertz CT molecular complexity index is 445. The molecule has 0 atom stereocenters. The maximum atomic E-state index is 9.13. The molecule has 1 heterocycles. The van der Waals surface area contributed by atoms with Crippen molar-refractivity contribution in [3.8, 4) is 6.07 Å². The molecule has 0 amide bonds. The minimum Gasteiger partial charge on any atom is -0.398 e. The Morgan fingerprint density at radius 3 is 2.72 bits per heavy atom. The van der Waals surface area contributed by atoms with E-state index in [0.717, 1.165) is 37.2 Å². The van der Waals surface area contributed by atoms with Gasteiger partial charge in [0.05, 0.1) is 12.5 Å². The van der Waals surface area contributed by atoms with Crippen LogP contribution < -0.4 is 10.6 Å². The third kappa shape index (κ3) is 2.74. The predicted octanol–water partition coefficient (Wildman–Crippen LogP) is 1.54. The Labute approximate surface area is 108 Å². The Morgan fingerprint density at radius 1 is 1.39 bits per heavy atom. The van der Waals surface area contributed by atoms with Gasteiger partial charge in [-0.15, -0.1) is 0 Å². The summed E-state index contributed by atoms with van der Waals surface area (Å²) in [4.78, 5) is 2.30. The van der Waals surface area contributed by atoms with E-state index in [2.05, 4.69) is 11.0 Å². The molecular weight excluding hydrogens is 226 g/mol. The molecule has 1 aliphatic heterocycles. The van der Waals surface area contributed by atoms with Gasteiger partial charge in [0.2, 0.25) is 0 Å². The molecule has 1 aliphatic rings. The van der Waals surface area contributed by atoms with E-state index in [1.165, 1.54) is 0 Å². The number of rotatable bonds is 3. The van der Waals surface area contributed by atoms with Crippen molar-refractivity contribution in [2.75, 3.05) is 30.3 Å². The van der Waals surface area contributed by atoms with Crippen LogP contribution in [0, 0.1) is 17.2 Å². The topological polar surface area (TPSA) is 73.3 Å². The quantitative estimate of drug-likeness (QED) is 0.792. The second kappa shape index (κ2) is 5.74. The number of benzene rings is 1. The Hall–Kier alpha value is -1.73. The second-order valence-electron chi connectivity index (χ2n) is 4.83. The summed E-state index contributed by atoms with van der Waals surface area (Å²) in [6.45, 7) is 2.21. The van der Waals surface area contributed by atoms with Crippen molar-refractivity contribution in [1.29, 1.82) is 5.26 Å². The molecule has 2 rings (SSSR count). The first-order chi connectivity index (χ1) is 8.74. The molecule has 1 saturated heterocycles. The molecule has 0 spiro atoms. The molecule has 1 aromatic rings. The van der Waals surface area contributed by atoms with E-state index < -0.39 is 0 Å². The van der Waals surface area contributed by atoms with Crippen LogP contribution in [0.25, 0.3) is 0 Å². The highest BCUT2D eigenvalue weighted by molar-refractivity contribution is 5.59. The fourth-order valence-electron chi connectivity index (χ4n) is 2.40. The first-order valence-corrected chi connectivity index (χ1v) is 6.35. The third-order valence-electron chi connectivity index (χ3n) is 3.63. The maximum absolute atomic E-state index is 9.13. The van der Waals surface area contributed by atoms with Crippen LogP contribution in [0.3, 0.4) is 0 Å². The number of aliphatic hydroxyl groups excluding tert-OH is 1. The van der Waals surface area contributed by atoms with Gasteiger partial charge in [-0.25, -0.2) is 0 Å². The lowest BCUT2D eigenvalue weighted by atomic mass is 9.97. The highest BCUT2D eigenvalue weighted by atomic mass is 16.3. The van der Waals surface area contributed by atoms with Crippen LogP contribution in [-0.4, -0.2) is 24.8 Å². The van der Waals surface area contributed by atoms with Crippen LogP contribution in [-0.2, 0) is 6.42 Å². The van der Waals surface area contributed by atoms with Gasteiger partial charge in [-0.05, 0) is 42.5 Å². The third-order valence-corrected chi connectivity index (χ3v) is 3.63. The zero-order valence-corrected chi connectivity index (χ0v) is 10.5. The van der Waals surface area contributed by atoms with E-state index in [0.29, 0.717) is 18.0 Å². The van der Waals surface area contributed by atoms with E-state index in [1.807, 2.05) is 18.2 Å². The average molecular weight is 245 g/mol. The molecular formula is C14H19N3O. The lowest BCUT2D eigenvalue weighted by molar-refractivity contribution is 0.203. The number of hydrogen-bond acceptors (Lipinski definition) is 4. The summed E-state index contributed by atoms with van der Waals surface area (Å²) in [5, 5.41) is 17.9. The number of aliphatic hydroxyl groups is 1. The number of hydrogen-bond donors (Lipinski definition) is 2. The molecule has 1 fully saturated rings. The van der Waals surface area contributed by atoms with Crippen molar-refractivity contribution in [2.24, 2.45) is 5.92 Å². The predicted molar refractivity (Wildman–Crippen MR) is 72.2 cm³/mol. The summed E-state index contributed by atoms with van der Waals surface area (Å²) in [6, 6.07) is 8.04. The number of nitrogen functional groups attached to an aromatic ring is 1. The largest absolute Gasteiger partial charge is 0.398 e. The molecule has 4 heteroatoms. The van der Waals surface area contributed by atoms with Crippen LogP contribution in [0.2, 0.25) is 0 Å². The van der Waals surface area contributed by atoms with Gasteiger partial charge in [-0.2, -0.15) is 5.26 Å². The van der Waals surface area contributed by atoms with E-state index in [-0.39, 0.29) is 6.61 Å². The second-order valence-corrected chi connectivity index (χ2v) is 4.83. The van der Waals surface area contributed by atoms with Gasteiger partial charge in [0.15, 0.2) is 0 Å². The Balaban J connectivity index is 2.10. The van der Waals surface area contributed by atoms with Gasteiger partial charge < -0.3 is 15.7 Å². The molecule has 0 radical (unpaired) electrons. The van der Waals surface area contributed by atoms with Crippen molar-refractivity contribution < 1.29 is 5.11 Å². The van der Waals surface area contributed by atoms with E-state index in [9.17, 15) is 0 Å². The van der Waals surface area contributed by atoms with Crippen molar-refractivity contribution in [2.45, 2.75) is 19.3 Å². The normalized spacial score (nSPS) is 16.6. The van der Waals surface area contributed by atoms with Gasteiger partial charge in [-0.1, -0.05) is 0 Å². The molecule has 0 aromatic heterocycles. The molecule has 18 heavy (non-hydrogen) atoms. The average Bonchev–Trinajstić information content (AvgIpc) is 2.42. The maximum Gasteiger partial charge on any atom is 0.0670 e. The van der Waals surface area contributed by atoms with Crippen LogP contribution in [0.5, 0.6) is 0 Å². The van der Waals surface area contributed by atoms with Gasteiger partial charge in [0.25, 0.3) is 0 Å². The monoisotopic (exact) mass is 245 g/mol. The summed E-state index contributed by atoms with van der Waals surface area (Å²) >= 11 is 0. The first-order valence-electron chi connectivity index (χ1n) is 6.35. The van der Waals surface area contributed by atoms with E-state index in [4.69, 9.17) is 16.1 Å². The van der Waals surface area contributed by atoms with Gasteiger partial charge in [0, 0.05) is 31.1 Å². The standard InChI is InChI=1S/C14H19N3O/c15-6-3-12-9-13(1-2-14(12)16)17-7-4-11(10-18)5-8-17/h1-2,9,11,18H,3-5,7-8,10,16H2. The number of anilines is 2. The SMILES string of the molecule is N#CCc1cc(N2CCC(CO)CC2)ccc1N. The molecule has 0 saturated carbocycles. The zero-order chi connectivity index (χ0) is 13.0. The summed E-state index contributed by atoms with van der Waals surface area (Å²) < 4.78 is 0. The fraction of sp³-hybridized carbons (Fsp3) is 0.500. The molecule has 0 bridgehead atoms. The van der Waals surface area contributed by atoms with Gasteiger partial charge >= 0.3 is 0 Å². The summed E-state index contributed by atoms with van der Waals surface area (Å²) in [7, 11) is 0. The highest BCUT2D eigenvalue weighted by Gasteiger charge is 2.19. The molecule has 4 nitrogen and oxygen atoms in total. The molecule has 3 N–H and O–H groups in total. The fourth-order valence-corrected chi connectivity index (χ4v) is 2.40. The minimum atomic E-state index is 0.287. The summed E-state index contributed by atoms with van der Waals surface area (Å²) in [5.41, 5.74) is 8.56. The van der Waals surface area contributed by atoms with E-state index in [1.54, 1.807) is 0 Å².